The van der Waals surface area contributed by atoms with Crippen LogP contribution in [0.2, 0.25) is 0 Å². The van der Waals surface area contributed by atoms with Gasteiger partial charge in [0.05, 0.1) is 19.1 Å². The molecule has 0 N–H and O–H groups in total. The highest BCUT2D eigenvalue weighted by Gasteiger charge is 2.27. The molecule has 1 aromatic rings. The van der Waals surface area contributed by atoms with Crippen LogP contribution >= 0.6 is 0 Å². The van der Waals surface area contributed by atoms with Gasteiger partial charge in [0.1, 0.15) is 5.75 Å². The van der Waals surface area contributed by atoms with Gasteiger partial charge in [-0.2, -0.15) is 0 Å². The van der Waals surface area contributed by atoms with Crippen molar-refractivity contribution in [3.8, 4) is 5.75 Å². The van der Waals surface area contributed by atoms with Crippen molar-refractivity contribution in [3.63, 3.8) is 0 Å². The minimum Gasteiger partial charge on any atom is -0.497 e. The van der Waals surface area contributed by atoms with Crippen molar-refractivity contribution in [1.29, 1.82) is 0 Å². The zero-order chi connectivity index (χ0) is 15.2. The average molecular weight is 291 g/mol. The Kier molecular flexibility index (Phi) is 5.62. The monoisotopic (exact) mass is 291 g/mol. The smallest absolute Gasteiger partial charge is 0.310 e. The Morgan fingerprint density at radius 3 is 2.67 bits per heavy atom. The lowest BCUT2D eigenvalue weighted by Crippen LogP contribution is -2.39. The van der Waals surface area contributed by atoms with Crippen LogP contribution in [0.25, 0.3) is 0 Å². The van der Waals surface area contributed by atoms with Gasteiger partial charge in [0.2, 0.25) is 0 Å². The fourth-order valence-corrected chi connectivity index (χ4v) is 2.71. The first kappa shape index (κ1) is 15.8. The Hall–Kier alpha value is -1.55. The number of carbonyl (C=O) groups is 1. The maximum Gasteiger partial charge on any atom is 0.310 e. The second kappa shape index (κ2) is 7.46. The Bertz CT molecular complexity index is 456. The summed E-state index contributed by atoms with van der Waals surface area (Å²) in [7, 11) is 1.67. The molecule has 116 valence electrons. The lowest BCUT2D eigenvalue weighted by atomic mass is 9.97. The van der Waals surface area contributed by atoms with Gasteiger partial charge in [-0.1, -0.05) is 12.1 Å². The van der Waals surface area contributed by atoms with Crippen molar-refractivity contribution in [2.75, 3.05) is 20.2 Å². The van der Waals surface area contributed by atoms with Gasteiger partial charge in [0.15, 0.2) is 0 Å². The molecule has 0 spiro atoms. The number of esters is 1. The summed E-state index contributed by atoms with van der Waals surface area (Å²) >= 11 is 0. The standard InChI is InChI=1S/C17H25NO3/c1-13(2)21-17(19)15-5-4-10-18(12-15)11-14-6-8-16(20-3)9-7-14/h6-9,13,15H,4-5,10-12H2,1-3H3. The summed E-state index contributed by atoms with van der Waals surface area (Å²) in [6.07, 6.45) is 1.95. The normalized spacial score (nSPS) is 19.5. The van der Waals surface area contributed by atoms with Crippen molar-refractivity contribution in [1.82, 2.24) is 4.90 Å². The quantitative estimate of drug-likeness (QED) is 0.782. The van der Waals surface area contributed by atoms with E-state index in [4.69, 9.17) is 9.47 Å². The molecule has 1 fully saturated rings. The van der Waals surface area contributed by atoms with E-state index in [1.807, 2.05) is 26.0 Å². The second-order valence-electron chi connectivity index (χ2n) is 5.91. The van der Waals surface area contributed by atoms with Gasteiger partial charge in [-0.3, -0.25) is 9.69 Å². The summed E-state index contributed by atoms with van der Waals surface area (Å²) in [6, 6.07) is 8.11. The van der Waals surface area contributed by atoms with E-state index in [1.54, 1.807) is 7.11 Å². The molecule has 1 aromatic carbocycles. The Balaban J connectivity index is 1.89. The van der Waals surface area contributed by atoms with Crippen LogP contribution in [-0.4, -0.2) is 37.2 Å². The first-order chi connectivity index (χ1) is 10.1. The number of likely N-dealkylation sites (tertiary alicyclic amines) is 1. The van der Waals surface area contributed by atoms with E-state index >= 15 is 0 Å². The molecule has 1 unspecified atom stereocenters. The molecule has 0 saturated carbocycles. The molecule has 0 radical (unpaired) electrons. The summed E-state index contributed by atoms with van der Waals surface area (Å²) < 4.78 is 10.5. The lowest BCUT2D eigenvalue weighted by molar-refractivity contribution is -0.154. The van der Waals surface area contributed by atoms with Gasteiger partial charge in [-0.15, -0.1) is 0 Å². The van der Waals surface area contributed by atoms with Crippen molar-refractivity contribution in [2.45, 2.75) is 39.3 Å². The molecule has 1 aliphatic heterocycles. The predicted molar refractivity (Wildman–Crippen MR) is 82.2 cm³/mol. The lowest BCUT2D eigenvalue weighted by Gasteiger charge is -2.31. The zero-order valence-corrected chi connectivity index (χ0v) is 13.2. The van der Waals surface area contributed by atoms with Gasteiger partial charge in [-0.05, 0) is 50.9 Å². The van der Waals surface area contributed by atoms with Crippen LogP contribution in [0, 0.1) is 5.92 Å². The van der Waals surface area contributed by atoms with Crippen molar-refractivity contribution >= 4 is 5.97 Å². The maximum absolute atomic E-state index is 12.0. The molecule has 0 amide bonds. The zero-order valence-electron chi connectivity index (χ0n) is 13.2. The number of rotatable bonds is 5. The molecule has 1 saturated heterocycles. The SMILES string of the molecule is COc1ccc(CN2CCCC(C(=O)OC(C)C)C2)cc1. The fourth-order valence-electron chi connectivity index (χ4n) is 2.71. The van der Waals surface area contributed by atoms with E-state index in [1.165, 1.54) is 5.56 Å². The Labute approximate surface area is 127 Å². The summed E-state index contributed by atoms with van der Waals surface area (Å²) in [5, 5.41) is 0. The molecular weight excluding hydrogens is 266 g/mol. The van der Waals surface area contributed by atoms with Gasteiger partial charge in [0.25, 0.3) is 0 Å². The summed E-state index contributed by atoms with van der Waals surface area (Å²) in [5.74, 6) is 0.833. The first-order valence-corrected chi connectivity index (χ1v) is 7.64. The highest BCUT2D eigenvalue weighted by Crippen LogP contribution is 2.21. The van der Waals surface area contributed by atoms with Crippen molar-refractivity contribution in [2.24, 2.45) is 5.92 Å². The molecule has 4 heteroatoms. The maximum atomic E-state index is 12.0. The second-order valence-corrected chi connectivity index (χ2v) is 5.91. The van der Waals surface area contributed by atoms with Crippen LogP contribution in [0.3, 0.4) is 0 Å². The molecule has 0 aliphatic carbocycles. The van der Waals surface area contributed by atoms with Crippen LogP contribution in [0.5, 0.6) is 5.75 Å². The van der Waals surface area contributed by atoms with E-state index in [0.717, 1.165) is 38.2 Å². The van der Waals surface area contributed by atoms with E-state index in [0.29, 0.717) is 0 Å². The van der Waals surface area contributed by atoms with Crippen molar-refractivity contribution in [3.05, 3.63) is 29.8 Å². The molecule has 1 atom stereocenters. The number of piperidine rings is 1. The number of hydrogen-bond acceptors (Lipinski definition) is 4. The first-order valence-electron chi connectivity index (χ1n) is 7.64. The third-order valence-electron chi connectivity index (χ3n) is 3.76. The average Bonchev–Trinajstić information content (AvgIpc) is 2.47. The van der Waals surface area contributed by atoms with Crippen LogP contribution < -0.4 is 4.74 Å². The number of hydrogen-bond donors (Lipinski definition) is 0. The molecule has 0 bridgehead atoms. The summed E-state index contributed by atoms with van der Waals surface area (Å²) in [5.41, 5.74) is 1.24. The predicted octanol–water partition coefficient (Wildman–Crippen LogP) is 2.86. The van der Waals surface area contributed by atoms with E-state index < -0.39 is 0 Å². The fraction of sp³-hybridized carbons (Fsp3) is 0.588. The highest BCUT2D eigenvalue weighted by molar-refractivity contribution is 5.73. The minimum absolute atomic E-state index is 0.0133. The van der Waals surface area contributed by atoms with E-state index in [2.05, 4.69) is 17.0 Å². The third kappa shape index (κ3) is 4.74. The molecule has 21 heavy (non-hydrogen) atoms. The minimum atomic E-state index is -0.0515. The highest BCUT2D eigenvalue weighted by atomic mass is 16.5. The number of nitrogens with zero attached hydrogens (tertiary/aromatic N) is 1. The van der Waals surface area contributed by atoms with E-state index in [9.17, 15) is 4.79 Å². The number of carbonyl (C=O) groups excluding carboxylic acids is 1. The largest absolute Gasteiger partial charge is 0.497 e. The Morgan fingerprint density at radius 1 is 1.33 bits per heavy atom. The number of benzene rings is 1. The molecular formula is C17H25NO3. The van der Waals surface area contributed by atoms with E-state index in [-0.39, 0.29) is 18.0 Å². The van der Waals surface area contributed by atoms with Crippen LogP contribution in [-0.2, 0) is 16.1 Å². The molecule has 1 heterocycles. The van der Waals surface area contributed by atoms with Crippen LogP contribution in [0.1, 0.15) is 32.3 Å². The van der Waals surface area contributed by atoms with Gasteiger partial charge in [-0.25, -0.2) is 0 Å². The van der Waals surface area contributed by atoms with Gasteiger partial charge in [0, 0.05) is 13.1 Å². The molecule has 4 nitrogen and oxygen atoms in total. The van der Waals surface area contributed by atoms with Crippen LogP contribution in [0.4, 0.5) is 0 Å². The van der Waals surface area contributed by atoms with Crippen LogP contribution in [0.15, 0.2) is 24.3 Å². The topological polar surface area (TPSA) is 38.8 Å². The molecule has 1 aliphatic rings. The van der Waals surface area contributed by atoms with Gasteiger partial charge < -0.3 is 9.47 Å². The number of ether oxygens (including phenoxy) is 2. The van der Waals surface area contributed by atoms with Crippen molar-refractivity contribution < 1.29 is 14.3 Å². The number of methoxy groups -OCH3 is 1. The third-order valence-corrected chi connectivity index (χ3v) is 3.76. The molecule has 0 aromatic heterocycles. The van der Waals surface area contributed by atoms with Gasteiger partial charge >= 0.3 is 5.97 Å². The summed E-state index contributed by atoms with van der Waals surface area (Å²) in [6.45, 7) is 6.50. The summed E-state index contributed by atoms with van der Waals surface area (Å²) in [4.78, 5) is 14.4. The Morgan fingerprint density at radius 2 is 2.05 bits per heavy atom. The molecule has 2 rings (SSSR count).